The highest BCUT2D eigenvalue weighted by Crippen LogP contribution is 2.07. The molecule has 1 aromatic heterocycles. The summed E-state index contributed by atoms with van der Waals surface area (Å²) in [6.45, 7) is 2.08. The molecule has 0 bridgehead atoms. The first kappa shape index (κ1) is 10.9. The van der Waals surface area contributed by atoms with E-state index in [-0.39, 0.29) is 0 Å². The second kappa shape index (κ2) is 5.54. The molecule has 4 nitrogen and oxygen atoms in total. The first-order valence-electron chi connectivity index (χ1n) is 4.28. The summed E-state index contributed by atoms with van der Waals surface area (Å²) in [6, 6.07) is 0. The van der Waals surface area contributed by atoms with Gasteiger partial charge in [-0.15, -0.1) is 11.6 Å². The summed E-state index contributed by atoms with van der Waals surface area (Å²) in [5.74, 6) is -0.405. The third-order valence-corrected chi connectivity index (χ3v) is 1.90. The number of esters is 1. The molecule has 1 aromatic rings. The number of carbonyl (C=O) groups excluding carboxylic acids is 1. The van der Waals surface area contributed by atoms with Crippen LogP contribution in [-0.4, -0.2) is 27.9 Å². The van der Waals surface area contributed by atoms with Gasteiger partial charge in [0.2, 0.25) is 0 Å². The SMILES string of the molecule is CCOC(=O)C(Cl)Cc1cncnc1. The maximum atomic E-state index is 11.2. The van der Waals surface area contributed by atoms with Crippen molar-refractivity contribution >= 4 is 17.6 Å². The van der Waals surface area contributed by atoms with Crippen LogP contribution in [0.3, 0.4) is 0 Å². The summed E-state index contributed by atoms with van der Waals surface area (Å²) in [5, 5.41) is -0.666. The highest BCUT2D eigenvalue weighted by molar-refractivity contribution is 6.30. The summed E-state index contributed by atoms with van der Waals surface area (Å²) in [7, 11) is 0. The molecule has 5 heteroatoms. The maximum Gasteiger partial charge on any atom is 0.324 e. The molecule has 0 aliphatic heterocycles. The number of hydrogen-bond acceptors (Lipinski definition) is 4. The number of alkyl halides is 1. The lowest BCUT2D eigenvalue weighted by atomic mass is 10.2. The van der Waals surface area contributed by atoms with Gasteiger partial charge in [0.05, 0.1) is 6.61 Å². The van der Waals surface area contributed by atoms with Gasteiger partial charge in [-0.3, -0.25) is 4.79 Å². The molecule has 0 N–H and O–H groups in total. The lowest BCUT2D eigenvalue weighted by Gasteiger charge is -2.07. The Labute approximate surface area is 87.3 Å². The summed E-state index contributed by atoms with van der Waals surface area (Å²) < 4.78 is 4.76. The molecule has 0 radical (unpaired) electrons. The molecule has 1 unspecified atom stereocenters. The van der Waals surface area contributed by atoms with Crippen molar-refractivity contribution < 1.29 is 9.53 Å². The molecule has 1 heterocycles. The van der Waals surface area contributed by atoms with Crippen molar-refractivity contribution in [3.05, 3.63) is 24.3 Å². The highest BCUT2D eigenvalue weighted by atomic mass is 35.5. The predicted molar refractivity (Wildman–Crippen MR) is 52.0 cm³/mol. The van der Waals surface area contributed by atoms with Gasteiger partial charge in [-0.25, -0.2) is 9.97 Å². The molecule has 1 rings (SSSR count). The molecule has 14 heavy (non-hydrogen) atoms. The van der Waals surface area contributed by atoms with Crippen LogP contribution in [0.1, 0.15) is 12.5 Å². The molecule has 1 atom stereocenters. The first-order chi connectivity index (χ1) is 6.74. The van der Waals surface area contributed by atoms with Crippen LogP contribution in [-0.2, 0) is 16.0 Å². The van der Waals surface area contributed by atoms with E-state index < -0.39 is 11.3 Å². The van der Waals surface area contributed by atoms with E-state index in [1.54, 1.807) is 19.3 Å². The number of carbonyl (C=O) groups is 1. The Kier molecular flexibility index (Phi) is 4.32. The van der Waals surface area contributed by atoms with Crippen LogP contribution >= 0.6 is 11.6 Å². The number of ether oxygens (including phenoxy) is 1. The Morgan fingerprint density at radius 1 is 1.57 bits per heavy atom. The van der Waals surface area contributed by atoms with Crippen LogP contribution in [0.15, 0.2) is 18.7 Å². The van der Waals surface area contributed by atoms with Crippen LogP contribution in [0.4, 0.5) is 0 Å². The summed E-state index contributed by atoms with van der Waals surface area (Å²) >= 11 is 5.81. The Bertz CT molecular complexity index is 292. The zero-order valence-electron chi connectivity index (χ0n) is 7.81. The molecule has 0 aromatic carbocycles. The second-order valence-corrected chi connectivity index (χ2v) is 3.20. The molecule has 0 aliphatic rings. The van der Waals surface area contributed by atoms with Gasteiger partial charge in [0.25, 0.3) is 0 Å². The normalized spacial score (nSPS) is 12.1. The third-order valence-electron chi connectivity index (χ3n) is 1.57. The molecule has 0 aliphatic carbocycles. The minimum Gasteiger partial charge on any atom is -0.465 e. The van der Waals surface area contributed by atoms with E-state index >= 15 is 0 Å². The van der Waals surface area contributed by atoms with E-state index in [4.69, 9.17) is 16.3 Å². The Morgan fingerprint density at radius 3 is 2.79 bits per heavy atom. The summed E-state index contributed by atoms with van der Waals surface area (Å²) in [6.07, 6.45) is 5.07. The Balaban J connectivity index is 2.49. The van der Waals surface area contributed by atoms with Crippen LogP contribution < -0.4 is 0 Å². The van der Waals surface area contributed by atoms with E-state index in [0.717, 1.165) is 5.56 Å². The van der Waals surface area contributed by atoms with Gasteiger partial charge in [0.15, 0.2) is 0 Å². The number of aromatic nitrogens is 2. The van der Waals surface area contributed by atoms with Crippen molar-refractivity contribution in [2.45, 2.75) is 18.7 Å². The van der Waals surface area contributed by atoms with Gasteiger partial charge < -0.3 is 4.74 Å². The van der Waals surface area contributed by atoms with Gasteiger partial charge in [-0.1, -0.05) is 0 Å². The molecule has 0 saturated carbocycles. The zero-order chi connectivity index (χ0) is 10.4. The molecular formula is C9H11ClN2O2. The second-order valence-electron chi connectivity index (χ2n) is 2.67. The van der Waals surface area contributed by atoms with Gasteiger partial charge in [-0.05, 0) is 12.5 Å². The van der Waals surface area contributed by atoms with Crippen LogP contribution in [0.2, 0.25) is 0 Å². The number of hydrogen-bond donors (Lipinski definition) is 0. The summed E-state index contributed by atoms with van der Waals surface area (Å²) in [5.41, 5.74) is 0.820. The van der Waals surface area contributed by atoms with Crippen LogP contribution in [0.25, 0.3) is 0 Å². The van der Waals surface area contributed by atoms with Crippen LogP contribution in [0, 0.1) is 0 Å². The largest absolute Gasteiger partial charge is 0.465 e. The minimum absolute atomic E-state index is 0.341. The fourth-order valence-electron chi connectivity index (χ4n) is 0.958. The first-order valence-corrected chi connectivity index (χ1v) is 4.72. The van der Waals surface area contributed by atoms with Crippen molar-refractivity contribution in [2.24, 2.45) is 0 Å². The molecule has 0 amide bonds. The van der Waals surface area contributed by atoms with Crippen molar-refractivity contribution in [2.75, 3.05) is 6.61 Å². The predicted octanol–water partition coefficient (Wildman–Crippen LogP) is 1.19. The number of rotatable bonds is 4. The Morgan fingerprint density at radius 2 is 2.21 bits per heavy atom. The lowest BCUT2D eigenvalue weighted by Crippen LogP contribution is -2.20. The van der Waals surface area contributed by atoms with Crippen LogP contribution in [0.5, 0.6) is 0 Å². The maximum absolute atomic E-state index is 11.2. The average molecular weight is 215 g/mol. The van der Waals surface area contributed by atoms with Gasteiger partial charge in [-0.2, -0.15) is 0 Å². The van der Waals surface area contributed by atoms with E-state index in [1.165, 1.54) is 6.33 Å². The Hall–Kier alpha value is -1.16. The van der Waals surface area contributed by atoms with E-state index in [1.807, 2.05) is 0 Å². The van der Waals surface area contributed by atoms with Crippen molar-refractivity contribution in [3.8, 4) is 0 Å². The summed E-state index contributed by atoms with van der Waals surface area (Å²) in [4.78, 5) is 18.8. The van der Waals surface area contributed by atoms with E-state index in [2.05, 4.69) is 9.97 Å². The van der Waals surface area contributed by atoms with Gasteiger partial charge >= 0.3 is 5.97 Å². The number of halogens is 1. The van der Waals surface area contributed by atoms with Crippen molar-refractivity contribution in [1.29, 1.82) is 0 Å². The van der Waals surface area contributed by atoms with E-state index in [0.29, 0.717) is 13.0 Å². The third kappa shape index (κ3) is 3.30. The monoisotopic (exact) mass is 214 g/mol. The topological polar surface area (TPSA) is 52.1 Å². The smallest absolute Gasteiger partial charge is 0.324 e. The quantitative estimate of drug-likeness (QED) is 0.558. The van der Waals surface area contributed by atoms with Crippen molar-refractivity contribution in [1.82, 2.24) is 9.97 Å². The highest BCUT2D eigenvalue weighted by Gasteiger charge is 2.16. The minimum atomic E-state index is -0.666. The zero-order valence-corrected chi connectivity index (χ0v) is 8.57. The molecule has 0 fully saturated rings. The average Bonchev–Trinajstić information content (AvgIpc) is 2.19. The fraction of sp³-hybridized carbons (Fsp3) is 0.444. The van der Waals surface area contributed by atoms with E-state index in [9.17, 15) is 4.79 Å². The number of nitrogens with zero attached hydrogens (tertiary/aromatic N) is 2. The van der Waals surface area contributed by atoms with Crippen molar-refractivity contribution in [3.63, 3.8) is 0 Å². The standard InChI is InChI=1S/C9H11ClN2O2/c1-2-14-9(13)8(10)3-7-4-11-6-12-5-7/h4-6,8H,2-3H2,1H3. The molecule has 76 valence electrons. The molecule has 0 spiro atoms. The van der Waals surface area contributed by atoms with Gasteiger partial charge in [0, 0.05) is 18.8 Å². The lowest BCUT2D eigenvalue weighted by molar-refractivity contribution is -0.142. The fourth-order valence-corrected chi connectivity index (χ4v) is 1.20. The molecular weight excluding hydrogens is 204 g/mol. The van der Waals surface area contributed by atoms with Gasteiger partial charge in [0.1, 0.15) is 11.7 Å². The molecule has 0 saturated heterocycles.